The van der Waals surface area contributed by atoms with Crippen molar-refractivity contribution in [3.8, 4) is 0 Å². The fourth-order valence-electron chi connectivity index (χ4n) is 1.65. The van der Waals surface area contributed by atoms with Gasteiger partial charge in [0.25, 0.3) is 0 Å². The fourth-order valence-corrected chi connectivity index (χ4v) is 1.65. The summed E-state index contributed by atoms with van der Waals surface area (Å²) in [6.07, 6.45) is 7.40. The maximum absolute atomic E-state index is 5.08. The molecule has 2 heterocycles. The van der Waals surface area contributed by atoms with Crippen LogP contribution in [0.15, 0.2) is 24.8 Å². The van der Waals surface area contributed by atoms with Crippen molar-refractivity contribution in [3.05, 3.63) is 30.4 Å². The molecule has 0 aliphatic heterocycles. The lowest BCUT2D eigenvalue weighted by atomic mass is 10.3. The van der Waals surface area contributed by atoms with Crippen LogP contribution in [0.4, 0.5) is 5.95 Å². The lowest BCUT2D eigenvalue weighted by molar-refractivity contribution is 0.190. The average Bonchev–Trinajstić information content (AvgIpc) is 2.92. The molecule has 1 atom stereocenters. The molecule has 0 bridgehead atoms. The van der Waals surface area contributed by atoms with Gasteiger partial charge in [-0.2, -0.15) is 5.10 Å². The number of aromatic nitrogens is 4. The molecule has 0 saturated heterocycles. The zero-order valence-corrected chi connectivity index (χ0v) is 10.1. The zero-order valence-electron chi connectivity index (χ0n) is 10.1. The van der Waals surface area contributed by atoms with Crippen LogP contribution in [0.1, 0.15) is 12.5 Å². The minimum absolute atomic E-state index is 0.227. The summed E-state index contributed by atoms with van der Waals surface area (Å²) < 4.78 is 7.12. The van der Waals surface area contributed by atoms with Crippen LogP contribution in [0.5, 0.6) is 0 Å². The number of hydrogen-bond donors (Lipinski definition) is 2. The summed E-state index contributed by atoms with van der Waals surface area (Å²) >= 11 is 0. The van der Waals surface area contributed by atoms with Crippen molar-refractivity contribution in [2.24, 2.45) is 0 Å². The first kappa shape index (κ1) is 11.7. The molecular formula is C11H17N5O. The van der Waals surface area contributed by atoms with E-state index in [-0.39, 0.29) is 6.04 Å². The second-order valence-corrected chi connectivity index (χ2v) is 3.99. The van der Waals surface area contributed by atoms with Gasteiger partial charge in [0.2, 0.25) is 5.95 Å². The standard InChI is InChI=1S/C11H17N5O/c1-9(8-17-2)15-11-12-3-4-16(11)7-10-5-13-14-6-10/h3-6,9H,7-8H2,1-2H3,(H,12,15)(H,13,14). The molecule has 0 aliphatic rings. The zero-order chi connectivity index (χ0) is 12.1. The molecule has 2 aromatic rings. The Bertz CT molecular complexity index is 436. The van der Waals surface area contributed by atoms with Crippen molar-refractivity contribution in [1.29, 1.82) is 0 Å². The number of rotatable bonds is 6. The normalized spacial score (nSPS) is 12.6. The van der Waals surface area contributed by atoms with Crippen LogP contribution < -0.4 is 5.32 Å². The third-order valence-corrected chi connectivity index (χ3v) is 2.42. The molecule has 0 spiro atoms. The Kier molecular flexibility index (Phi) is 3.77. The van der Waals surface area contributed by atoms with Gasteiger partial charge in [-0.25, -0.2) is 4.98 Å². The number of aromatic amines is 1. The minimum atomic E-state index is 0.227. The van der Waals surface area contributed by atoms with Gasteiger partial charge in [0.05, 0.1) is 19.3 Å². The van der Waals surface area contributed by atoms with Crippen LogP contribution in [0.3, 0.4) is 0 Å². The maximum atomic E-state index is 5.08. The predicted octanol–water partition coefficient (Wildman–Crippen LogP) is 1.10. The van der Waals surface area contributed by atoms with E-state index in [0.29, 0.717) is 6.61 Å². The van der Waals surface area contributed by atoms with Crippen LogP contribution in [0, 0.1) is 0 Å². The minimum Gasteiger partial charge on any atom is -0.383 e. The van der Waals surface area contributed by atoms with Gasteiger partial charge < -0.3 is 14.6 Å². The van der Waals surface area contributed by atoms with Gasteiger partial charge >= 0.3 is 0 Å². The van der Waals surface area contributed by atoms with Crippen molar-refractivity contribution in [1.82, 2.24) is 19.7 Å². The van der Waals surface area contributed by atoms with Crippen molar-refractivity contribution in [2.45, 2.75) is 19.5 Å². The van der Waals surface area contributed by atoms with E-state index in [9.17, 15) is 0 Å². The summed E-state index contributed by atoms with van der Waals surface area (Å²) in [7, 11) is 1.69. The molecule has 2 N–H and O–H groups in total. The van der Waals surface area contributed by atoms with E-state index in [2.05, 4.69) is 27.4 Å². The highest BCUT2D eigenvalue weighted by atomic mass is 16.5. The largest absolute Gasteiger partial charge is 0.383 e. The van der Waals surface area contributed by atoms with Gasteiger partial charge in [0.1, 0.15) is 0 Å². The van der Waals surface area contributed by atoms with E-state index in [1.165, 1.54) is 0 Å². The van der Waals surface area contributed by atoms with Gasteiger partial charge in [-0.05, 0) is 6.92 Å². The Morgan fingerprint density at radius 3 is 3.18 bits per heavy atom. The molecule has 6 nitrogen and oxygen atoms in total. The molecule has 0 fully saturated rings. The van der Waals surface area contributed by atoms with Crippen molar-refractivity contribution >= 4 is 5.95 Å². The monoisotopic (exact) mass is 235 g/mol. The number of imidazole rings is 1. The van der Waals surface area contributed by atoms with Crippen LogP contribution in [0.2, 0.25) is 0 Å². The summed E-state index contributed by atoms with van der Waals surface area (Å²) in [5.41, 5.74) is 1.12. The summed E-state index contributed by atoms with van der Waals surface area (Å²) in [6.45, 7) is 3.46. The van der Waals surface area contributed by atoms with Crippen LogP contribution in [-0.2, 0) is 11.3 Å². The van der Waals surface area contributed by atoms with Crippen LogP contribution in [-0.4, -0.2) is 39.5 Å². The molecular weight excluding hydrogens is 218 g/mol. The highest BCUT2D eigenvalue weighted by Gasteiger charge is 2.07. The molecule has 0 saturated carbocycles. The number of nitrogens with one attached hydrogen (secondary N) is 2. The Balaban J connectivity index is 2.01. The molecule has 92 valence electrons. The first-order chi connectivity index (χ1) is 8.29. The summed E-state index contributed by atoms with van der Waals surface area (Å²) in [5.74, 6) is 0.843. The third-order valence-electron chi connectivity index (χ3n) is 2.42. The van der Waals surface area contributed by atoms with E-state index in [1.54, 1.807) is 13.3 Å². The molecule has 0 aromatic carbocycles. The number of H-pyrrole nitrogens is 1. The van der Waals surface area contributed by atoms with E-state index < -0.39 is 0 Å². The number of ether oxygens (including phenoxy) is 1. The molecule has 0 radical (unpaired) electrons. The number of anilines is 1. The van der Waals surface area contributed by atoms with E-state index in [0.717, 1.165) is 18.1 Å². The topological polar surface area (TPSA) is 67.8 Å². The Labute approximate surface area is 100 Å². The number of hydrogen-bond acceptors (Lipinski definition) is 4. The van der Waals surface area contributed by atoms with E-state index >= 15 is 0 Å². The number of nitrogens with zero attached hydrogens (tertiary/aromatic N) is 3. The molecule has 2 rings (SSSR count). The molecule has 0 aliphatic carbocycles. The van der Waals surface area contributed by atoms with Gasteiger partial charge in [0, 0.05) is 37.3 Å². The van der Waals surface area contributed by atoms with E-state index in [4.69, 9.17) is 4.74 Å². The van der Waals surface area contributed by atoms with Gasteiger partial charge in [-0.15, -0.1) is 0 Å². The third kappa shape index (κ3) is 3.07. The Morgan fingerprint density at radius 1 is 1.59 bits per heavy atom. The lowest BCUT2D eigenvalue weighted by Crippen LogP contribution is -2.23. The molecule has 6 heteroatoms. The summed E-state index contributed by atoms with van der Waals surface area (Å²) in [4.78, 5) is 4.28. The SMILES string of the molecule is COCC(C)Nc1nccn1Cc1cn[nH]c1. The Hall–Kier alpha value is -1.82. The van der Waals surface area contributed by atoms with E-state index in [1.807, 2.05) is 23.2 Å². The second kappa shape index (κ2) is 5.49. The van der Waals surface area contributed by atoms with Crippen LogP contribution >= 0.6 is 0 Å². The summed E-state index contributed by atoms with van der Waals surface area (Å²) in [5, 5.41) is 10.0. The molecule has 17 heavy (non-hydrogen) atoms. The Morgan fingerprint density at radius 2 is 2.47 bits per heavy atom. The van der Waals surface area contributed by atoms with Gasteiger partial charge in [0.15, 0.2) is 0 Å². The maximum Gasteiger partial charge on any atom is 0.203 e. The quantitative estimate of drug-likeness (QED) is 0.786. The summed E-state index contributed by atoms with van der Waals surface area (Å²) in [6, 6.07) is 0.227. The van der Waals surface area contributed by atoms with Gasteiger partial charge in [-0.1, -0.05) is 0 Å². The first-order valence-corrected chi connectivity index (χ1v) is 5.54. The fraction of sp³-hybridized carbons (Fsp3) is 0.455. The molecule has 1 unspecified atom stereocenters. The van der Waals surface area contributed by atoms with Gasteiger partial charge in [-0.3, -0.25) is 5.10 Å². The molecule has 2 aromatic heterocycles. The first-order valence-electron chi connectivity index (χ1n) is 5.54. The smallest absolute Gasteiger partial charge is 0.203 e. The van der Waals surface area contributed by atoms with Crippen LogP contribution in [0.25, 0.3) is 0 Å². The highest BCUT2D eigenvalue weighted by molar-refractivity contribution is 5.28. The van der Waals surface area contributed by atoms with Crippen molar-refractivity contribution in [2.75, 3.05) is 19.0 Å². The second-order valence-electron chi connectivity index (χ2n) is 3.99. The predicted molar refractivity (Wildman–Crippen MR) is 64.9 cm³/mol. The molecule has 0 amide bonds. The van der Waals surface area contributed by atoms with Crippen molar-refractivity contribution in [3.63, 3.8) is 0 Å². The van der Waals surface area contributed by atoms with Crippen molar-refractivity contribution < 1.29 is 4.74 Å². The number of methoxy groups -OCH3 is 1. The highest BCUT2D eigenvalue weighted by Crippen LogP contribution is 2.09. The lowest BCUT2D eigenvalue weighted by Gasteiger charge is -2.14. The average molecular weight is 235 g/mol.